The van der Waals surface area contributed by atoms with E-state index in [1.54, 1.807) is 37.7 Å². The van der Waals surface area contributed by atoms with Gasteiger partial charge < -0.3 is 23.8 Å². The van der Waals surface area contributed by atoms with E-state index >= 15 is 0 Å². The molecule has 0 atom stereocenters. The van der Waals surface area contributed by atoms with Crippen LogP contribution >= 0.6 is 11.3 Å². The van der Waals surface area contributed by atoms with Crippen molar-refractivity contribution in [2.24, 2.45) is 0 Å². The molecule has 30 heavy (non-hydrogen) atoms. The first-order valence-corrected chi connectivity index (χ1v) is 10.3. The minimum Gasteiger partial charge on any atom is -0.497 e. The van der Waals surface area contributed by atoms with Crippen LogP contribution in [0.4, 0.5) is 5.69 Å². The van der Waals surface area contributed by atoms with Crippen LogP contribution in [0, 0.1) is 0 Å². The van der Waals surface area contributed by atoms with Gasteiger partial charge in [-0.25, -0.2) is 0 Å². The summed E-state index contributed by atoms with van der Waals surface area (Å²) in [6, 6.07) is 13.2. The molecule has 5 rings (SSSR count). The Balaban J connectivity index is 1.50. The maximum Gasteiger partial charge on any atom is 0.232 e. The van der Waals surface area contributed by atoms with Gasteiger partial charge in [0.1, 0.15) is 23.0 Å². The van der Waals surface area contributed by atoms with Crippen molar-refractivity contribution in [1.29, 1.82) is 0 Å². The predicted octanol–water partition coefficient (Wildman–Crippen LogP) is 4.74. The summed E-state index contributed by atoms with van der Waals surface area (Å²) in [7, 11) is 3.24. The third-order valence-electron chi connectivity index (χ3n) is 5.17. The number of benzene rings is 2. The molecule has 7 heteroatoms. The van der Waals surface area contributed by atoms with E-state index in [4.69, 9.17) is 18.9 Å². The van der Waals surface area contributed by atoms with Crippen molar-refractivity contribution < 1.29 is 23.7 Å². The van der Waals surface area contributed by atoms with Crippen LogP contribution in [-0.2, 0) is 6.54 Å². The van der Waals surface area contributed by atoms with Gasteiger partial charge in [-0.2, -0.15) is 0 Å². The molecule has 0 spiro atoms. The van der Waals surface area contributed by atoms with Gasteiger partial charge in [-0.3, -0.25) is 4.79 Å². The molecular formula is C23H19NO5S. The molecule has 0 amide bonds. The fraction of sp³-hybridized carbons (Fsp3) is 0.174. The smallest absolute Gasteiger partial charge is 0.232 e. The second kappa shape index (κ2) is 7.42. The molecule has 3 aromatic rings. The summed E-state index contributed by atoms with van der Waals surface area (Å²) in [6.45, 7) is 0.890. The highest BCUT2D eigenvalue weighted by atomic mass is 32.1. The highest BCUT2D eigenvalue weighted by Gasteiger charge is 2.34. The van der Waals surface area contributed by atoms with Crippen LogP contribution in [0.5, 0.6) is 23.0 Å². The molecule has 3 heterocycles. The summed E-state index contributed by atoms with van der Waals surface area (Å²) in [5, 5.41) is 1.97. The van der Waals surface area contributed by atoms with E-state index in [-0.39, 0.29) is 5.78 Å². The molecule has 0 unspecified atom stereocenters. The first-order valence-electron chi connectivity index (χ1n) is 9.41. The number of ketones is 1. The normalized spacial score (nSPS) is 16.0. The van der Waals surface area contributed by atoms with Gasteiger partial charge in [0.15, 0.2) is 12.5 Å². The molecule has 0 bridgehead atoms. The maximum atomic E-state index is 12.9. The third kappa shape index (κ3) is 3.07. The number of rotatable bonds is 4. The lowest BCUT2D eigenvalue weighted by Crippen LogP contribution is -2.32. The largest absolute Gasteiger partial charge is 0.497 e. The van der Waals surface area contributed by atoms with Crippen molar-refractivity contribution in [2.75, 3.05) is 25.9 Å². The topological polar surface area (TPSA) is 57.2 Å². The monoisotopic (exact) mass is 421 g/mol. The Morgan fingerprint density at radius 3 is 2.80 bits per heavy atom. The standard InChI is InChI=1S/C23H19NO5S/c1-26-14-5-7-18(20(10-14)27-2)24-12-17-19(28-13-24)8-6-16-22(25)21(29-23(16)17)11-15-4-3-9-30-15/h3-11H,12-13H2,1-2H3. The van der Waals surface area contributed by atoms with Gasteiger partial charge >= 0.3 is 0 Å². The lowest BCUT2D eigenvalue weighted by atomic mass is 10.0. The van der Waals surface area contributed by atoms with Gasteiger partial charge in [-0.1, -0.05) is 6.07 Å². The molecule has 2 aromatic carbocycles. The van der Waals surface area contributed by atoms with Crippen molar-refractivity contribution in [3.63, 3.8) is 0 Å². The fourth-order valence-corrected chi connectivity index (χ4v) is 4.31. The van der Waals surface area contributed by atoms with E-state index in [2.05, 4.69) is 0 Å². The number of fused-ring (bicyclic) bond motifs is 3. The highest BCUT2D eigenvalue weighted by Crippen LogP contribution is 2.44. The molecule has 1 aromatic heterocycles. The number of hydrogen-bond acceptors (Lipinski definition) is 7. The number of allylic oxidation sites excluding steroid dienone is 1. The number of methoxy groups -OCH3 is 2. The van der Waals surface area contributed by atoms with Gasteiger partial charge in [-0.15, -0.1) is 11.3 Å². The summed E-state index contributed by atoms with van der Waals surface area (Å²) < 4.78 is 22.8. The molecular weight excluding hydrogens is 402 g/mol. The number of thiophene rings is 1. The second-order valence-electron chi connectivity index (χ2n) is 6.88. The Hall–Kier alpha value is -3.45. The minimum atomic E-state index is -0.111. The summed E-state index contributed by atoms with van der Waals surface area (Å²) in [5.41, 5.74) is 2.28. The Morgan fingerprint density at radius 1 is 1.13 bits per heavy atom. The molecule has 0 aliphatic carbocycles. The van der Waals surface area contributed by atoms with Crippen molar-refractivity contribution in [1.82, 2.24) is 0 Å². The SMILES string of the molecule is COc1ccc(N2COc3ccc4c(c3C2)OC(=Cc2cccs2)C4=O)c(OC)c1. The van der Waals surface area contributed by atoms with Gasteiger partial charge in [0, 0.05) is 17.0 Å². The van der Waals surface area contributed by atoms with Crippen molar-refractivity contribution in [2.45, 2.75) is 6.54 Å². The number of carbonyl (C=O) groups is 1. The van der Waals surface area contributed by atoms with E-state index in [0.29, 0.717) is 41.8 Å². The molecule has 6 nitrogen and oxygen atoms in total. The quantitative estimate of drug-likeness (QED) is 0.568. The van der Waals surface area contributed by atoms with E-state index < -0.39 is 0 Å². The Labute approximate surface area is 177 Å². The van der Waals surface area contributed by atoms with Crippen molar-refractivity contribution >= 4 is 28.9 Å². The molecule has 152 valence electrons. The van der Waals surface area contributed by atoms with Crippen molar-refractivity contribution in [3.8, 4) is 23.0 Å². The highest BCUT2D eigenvalue weighted by molar-refractivity contribution is 7.10. The third-order valence-corrected chi connectivity index (χ3v) is 5.99. The maximum absolute atomic E-state index is 12.9. The first kappa shape index (κ1) is 18.6. The molecule has 0 N–H and O–H groups in total. The zero-order valence-corrected chi connectivity index (χ0v) is 17.3. The number of nitrogens with zero attached hydrogens (tertiary/aromatic N) is 1. The van der Waals surface area contributed by atoms with Crippen LogP contribution in [0.2, 0.25) is 0 Å². The molecule has 0 radical (unpaired) electrons. The molecule has 0 saturated carbocycles. The average Bonchev–Trinajstić information content (AvgIpc) is 3.41. The molecule has 0 fully saturated rings. The van der Waals surface area contributed by atoms with Gasteiger partial charge in [0.2, 0.25) is 5.78 Å². The summed E-state index contributed by atoms with van der Waals surface area (Å²) in [4.78, 5) is 15.9. The van der Waals surface area contributed by atoms with E-state index in [9.17, 15) is 4.79 Å². The minimum absolute atomic E-state index is 0.111. The first-order chi connectivity index (χ1) is 14.7. The second-order valence-corrected chi connectivity index (χ2v) is 7.86. The Morgan fingerprint density at radius 2 is 2.03 bits per heavy atom. The lowest BCUT2D eigenvalue weighted by Gasteiger charge is -2.32. The molecule has 0 saturated heterocycles. The van der Waals surface area contributed by atoms with Crippen LogP contribution in [0.15, 0.2) is 53.6 Å². The van der Waals surface area contributed by atoms with Crippen molar-refractivity contribution in [3.05, 3.63) is 69.6 Å². The van der Waals surface area contributed by atoms with Gasteiger partial charge in [-0.05, 0) is 35.7 Å². The summed E-state index contributed by atoms with van der Waals surface area (Å²) in [6.07, 6.45) is 1.79. The van der Waals surface area contributed by atoms with E-state index in [1.165, 1.54) is 0 Å². The fourth-order valence-electron chi connectivity index (χ4n) is 3.66. The number of ether oxygens (including phenoxy) is 4. The summed E-state index contributed by atoms with van der Waals surface area (Å²) >= 11 is 1.56. The van der Waals surface area contributed by atoms with Crippen LogP contribution in [-0.4, -0.2) is 26.7 Å². The van der Waals surface area contributed by atoms with Crippen LogP contribution in [0.25, 0.3) is 6.08 Å². The molecule has 2 aliphatic rings. The summed E-state index contributed by atoms with van der Waals surface area (Å²) in [5.74, 6) is 2.91. The van der Waals surface area contributed by atoms with Crippen LogP contribution < -0.4 is 23.8 Å². The average molecular weight is 421 g/mol. The van der Waals surface area contributed by atoms with Gasteiger partial charge in [0.05, 0.1) is 37.6 Å². The zero-order valence-electron chi connectivity index (χ0n) is 16.5. The predicted molar refractivity (Wildman–Crippen MR) is 115 cm³/mol. The van der Waals surface area contributed by atoms with Crippen LogP contribution in [0.3, 0.4) is 0 Å². The lowest BCUT2D eigenvalue weighted by molar-refractivity contribution is 0.101. The van der Waals surface area contributed by atoms with E-state index in [1.807, 2.05) is 46.7 Å². The number of hydrogen-bond donors (Lipinski definition) is 0. The zero-order chi connectivity index (χ0) is 20.7. The number of Topliss-reactive ketones (excluding diaryl/α,β-unsaturated/α-hetero) is 1. The number of carbonyl (C=O) groups excluding carboxylic acids is 1. The van der Waals surface area contributed by atoms with Crippen LogP contribution in [0.1, 0.15) is 20.8 Å². The Kier molecular flexibility index (Phi) is 4.59. The van der Waals surface area contributed by atoms with E-state index in [0.717, 1.165) is 21.9 Å². The molecule has 2 aliphatic heterocycles. The number of anilines is 1. The Bertz CT molecular complexity index is 1150. The van der Waals surface area contributed by atoms with Gasteiger partial charge in [0.25, 0.3) is 0 Å².